The number of H-pyrrole nitrogens is 1. The quantitative estimate of drug-likeness (QED) is 0.416. The Morgan fingerprint density at radius 1 is 1.27 bits per heavy atom. The Kier molecular flexibility index (Phi) is 5.04. The first-order chi connectivity index (χ1) is 15.9. The largest absolute Gasteiger partial charge is 0.494 e. The smallest absolute Gasteiger partial charge is 0.228 e. The molecule has 1 saturated carbocycles. The topological polar surface area (TPSA) is 127 Å². The van der Waals surface area contributed by atoms with Crippen LogP contribution in [0.4, 0.5) is 17.2 Å². The molecule has 10 nitrogen and oxygen atoms in total. The standard InChI is InChI=1S/C23H23N7O3/c1-12-10-24-22-18(19(12)31)16(9-17(27-22)28-23(32)13-7-8-13)26-15-6-4-5-14(20(15)33-3)21-25-11-30(2)29-21/h4-6,9-11,13H,7-8H2,1-3H3,(H3,24,26,27,28,31,32). The Morgan fingerprint density at radius 3 is 2.79 bits per heavy atom. The molecule has 3 heterocycles. The van der Waals surface area contributed by atoms with Gasteiger partial charge in [-0.2, -0.15) is 5.10 Å². The first kappa shape index (κ1) is 20.7. The van der Waals surface area contributed by atoms with Gasteiger partial charge in [-0.25, -0.2) is 9.97 Å². The molecule has 1 aromatic carbocycles. The molecule has 1 amide bonds. The van der Waals surface area contributed by atoms with E-state index in [-0.39, 0.29) is 17.3 Å². The third-order valence-electron chi connectivity index (χ3n) is 5.56. The molecular formula is C23H23N7O3. The molecule has 3 N–H and O–H groups in total. The maximum absolute atomic E-state index is 13.0. The number of anilines is 3. The van der Waals surface area contributed by atoms with Crippen molar-refractivity contribution in [1.29, 1.82) is 0 Å². The molecule has 0 unspecified atom stereocenters. The fraction of sp³-hybridized carbons (Fsp3) is 0.261. The van der Waals surface area contributed by atoms with Gasteiger partial charge in [-0.1, -0.05) is 6.07 Å². The number of fused-ring (bicyclic) bond motifs is 1. The van der Waals surface area contributed by atoms with Crippen molar-refractivity contribution in [3.05, 3.63) is 52.6 Å². The molecule has 0 saturated heterocycles. The van der Waals surface area contributed by atoms with Crippen molar-refractivity contribution in [2.75, 3.05) is 17.7 Å². The molecule has 0 aliphatic heterocycles. The number of hydrogen-bond donors (Lipinski definition) is 3. The zero-order valence-electron chi connectivity index (χ0n) is 18.5. The summed E-state index contributed by atoms with van der Waals surface area (Å²) in [5, 5.41) is 10.9. The average Bonchev–Trinajstić information content (AvgIpc) is 3.57. The normalized spacial score (nSPS) is 13.2. The fourth-order valence-corrected chi connectivity index (χ4v) is 3.69. The number of hydrogen-bond acceptors (Lipinski definition) is 7. The zero-order valence-corrected chi connectivity index (χ0v) is 18.5. The van der Waals surface area contributed by atoms with Crippen molar-refractivity contribution in [2.45, 2.75) is 19.8 Å². The molecule has 4 aromatic rings. The SMILES string of the molecule is COc1c(Nc2cc(NC(=O)C3CC3)nc3[nH]cc(C)c(=O)c23)cccc1-c1ncn(C)n1. The number of carbonyl (C=O) groups excluding carboxylic acids is 1. The number of methoxy groups -OCH3 is 1. The van der Waals surface area contributed by atoms with Crippen molar-refractivity contribution < 1.29 is 9.53 Å². The number of aromatic amines is 1. The number of pyridine rings is 2. The first-order valence-corrected chi connectivity index (χ1v) is 10.6. The number of aromatic nitrogens is 5. The highest BCUT2D eigenvalue weighted by Crippen LogP contribution is 2.38. The van der Waals surface area contributed by atoms with Crippen LogP contribution in [-0.4, -0.2) is 37.7 Å². The van der Waals surface area contributed by atoms with E-state index < -0.39 is 0 Å². The number of ether oxygens (including phenoxy) is 1. The molecule has 1 aliphatic carbocycles. The lowest BCUT2D eigenvalue weighted by atomic mass is 10.1. The number of carbonyl (C=O) groups is 1. The van der Waals surface area contributed by atoms with Crippen LogP contribution in [0.25, 0.3) is 22.4 Å². The first-order valence-electron chi connectivity index (χ1n) is 10.6. The lowest BCUT2D eigenvalue weighted by Crippen LogP contribution is -2.16. The number of benzene rings is 1. The van der Waals surface area contributed by atoms with Crippen molar-refractivity contribution in [1.82, 2.24) is 24.7 Å². The second-order valence-electron chi connectivity index (χ2n) is 8.10. The van der Waals surface area contributed by atoms with E-state index in [1.165, 1.54) is 0 Å². The summed E-state index contributed by atoms with van der Waals surface area (Å²) in [5.41, 5.74) is 2.61. The molecule has 0 radical (unpaired) electrons. The predicted octanol–water partition coefficient (Wildman–Crippen LogP) is 3.13. The summed E-state index contributed by atoms with van der Waals surface area (Å²) >= 11 is 0. The zero-order chi connectivity index (χ0) is 23.1. The third kappa shape index (κ3) is 3.91. The second kappa shape index (κ2) is 8.05. The van der Waals surface area contributed by atoms with Crippen LogP contribution in [0.3, 0.4) is 0 Å². The highest BCUT2D eigenvalue weighted by molar-refractivity contribution is 5.98. The minimum atomic E-state index is -0.152. The number of para-hydroxylation sites is 1. The Hall–Kier alpha value is -4.21. The van der Waals surface area contributed by atoms with Gasteiger partial charge in [0.05, 0.1) is 29.4 Å². The van der Waals surface area contributed by atoms with Crippen molar-refractivity contribution in [3.8, 4) is 17.1 Å². The summed E-state index contributed by atoms with van der Waals surface area (Å²) in [6, 6.07) is 7.22. The molecule has 3 aromatic heterocycles. The van der Waals surface area contributed by atoms with Gasteiger partial charge in [-0.15, -0.1) is 0 Å². The third-order valence-corrected chi connectivity index (χ3v) is 5.56. The van der Waals surface area contributed by atoms with Crippen molar-refractivity contribution in [3.63, 3.8) is 0 Å². The minimum Gasteiger partial charge on any atom is -0.494 e. The number of nitrogens with one attached hydrogen (secondary N) is 3. The molecule has 0 atom stereocenters. The van der Waals surface area contributed by atoms with Gasteiger partial charge in [0.15, 0.2) is 17.0 Å². The molecule has 5 rings (SSSR count). The van der Waals surface area contributed by atoms with E-state index in [1.807, 2.05) is 18.2 Å². The number of amides is 1. The van der Waals surface area contributed by atoms with Crippen LogP contribution in [0.15, 0.2) is 41.6 Å². The van der Waals surface area contributed by atoms with E-state index in [2.05, 4.69) is 30.7 Å². The lowest BCUT2D eigenvalue weighted by molar-refractivity contribution is -0.117. The summed E-state index contributed by atoms with van der Waals surface area (Å²) < 4.78 is 7.30. The average molecular weight is 445 g/mol. The Bertz CT molecular complexity index is 1440. The van der Waals surface area contributed by atoms with E-state index in [4.69, 9.17) is 4.74 Å². The van der Waals surface area contributed by atoms with Crippen LogP contribution in [0.1, 0.15) is 18.4 Å². The second-order valence-corrected chi connectivity index (χ2v) is 8.10. The summed E-state index contributed by atoms with van der Waals surface area (Å²) in [7, 11) is 3.36. The van der Waals surface area contributed by atoms with Gasteiger partial charge in [-0.05, 0) is 31.9 Å². The fourth-order valence-electron chi connectivity index (χ4n) is 3.69. The van der Waals surface area contributed by atoms with E-state index in [0.29, 0.717) is 50.9 Å². The van der Waals surface area contributed by atoms with Crippen LogP contribution in [-0.2, 0) is 11.8 Å². The number of rotatable bonds is 6. The van der Waals surface area contributed by atoms with Crippen LogP contribution in [0, 0.1) is 12.8 Å². The molecular weight excluding hydrogens is 422 g/mol. The van der Waals surface area contributed by atoms with Gasteiger partial charge in [0.2, 0.25) is 5.91 Å². The molecule has 0 bridgehead atoms. The van der Waals surface area contributed by atoms with Crippen molar-refractivity contribution in [2.24, 2.45) is 13.0 Å². The van der Waals surface area contributed by atoms with Crippen LogP contribution >= 0.6 is 0 Å². The van der Waals surface area contributed by atoms with E-state index >= 15 is 0 Å². The van der Waals surface area contributed by atoms with Gasteiger partial charge in [0.25, 0.3) is 0 Å². The van der Waals surface area contributed by atoms with Gasteiger partial charge in [-0.3, -0.25) is 14.3 Å². The van der Waals surface area contributed by atoms with Gasteiger partial charge < -0.3 is 20.4 Å². The molecule has 10 heteroatoms. The van der Waals surface area contributed by atoms with Gasteiger partial charge in [0.1, 0.15) is 17.8 Å². The minimum absolute atomic E-state index is 0.0265. The molecule has 168 valence electrons. The Labute approximate surface area is 189 Å². The summed E-state index contributed by atoms with van der Waals surface area (Å²) in [6.45, 7) is 1.73. The molecule has 1 fully saturated rings. The predicted molar refractivity (Wildman–Crippen MR) is 125 cm³/mol. The van der Waals surface area contributed by atoms with E-state index in [1.54, 1.807) is 44.4 Å². The van der Waals surface area contributed by atoms with Crippen LogP contribution in [0.2, 0.25) is 0 Å². The summed E-state index contributed by atoms with van der Waals surface area (Å²) in [5.74, 6) is 1.37. The molecule has 0 spiro atoms. The van der Waals surface area contributed by atoms with Crippen molar-refractivity contribution >= 4 is 34.1 Å². The highest BCUT2D eigenvalue weighted by atomic mass is 16.5. The van der Waals surface area contributed by atoms with E-state index in [9.17, 15) is 9.59 Å². The lowest BCUT2D eigenvalue weighted by Gasteiger charge is -2.16. The van der Waals surface area contributed by atoms with Crippen LogP contribution in [0.5, 0.6) is 5.75 Å². The van der Waals surface area contributed by atoms with Crippen LogP contribution < -0.4 is 20.8 Å². The Morgan fingerprint density at radius 2 is 2.09 bits per heavy atom. The van der Waals surface area contributed by atoms with Gasteiger partial charge in [0, 0.05) is 30.8 Å². The molecule has 1 aliphatic rings. The van der Waals surface area contributed by atoms with E-state index in [0.717, 1.165) is 12.8 Å². The summed E-state index contributed by atoms with van der Waals surface area (Å²) in [4.78, 5) is 37.2. The monoisotopic (exact) mass is 445 g/mol. The van der Waals surface area contributed by atoms with Gasteiger partial charge >= 0.3 is 0 Å². The maximum Gasteiger partial charge on any atom is 0.228 e. The summed E-state index contributed by atoms with van der Waals surface area (Å²) in [6.07, 6.45) is 4.99. The highest BCUT2D eigenvalue weighted by Gasteiger charge is 2.30. The Balaban J connectivity index is 1.63. The number of aryl methyl sites for hydroxylation is 2. The maximum atomic E-state index is 13.0. The molecule has 33 heavy (non-hydrogen) atoms. The number of nitrogens with zero attached hydrogens (tertiary/aromatic N) is 4.